The number of carbonyl (C=O) groups excluding carboxylic acids is 3. The number of amides is 3. The molecule has 2 aromatic rings. The highest BCUT2D eigenvalue weighted by atomic mass is 16.2. The van der Waals surface area contributed by atoms with Crippen LogP contribution in [0.2, 0.25) is 0 Å². The number of rotatable bonds is 5. The summed E-state index contributed by atoms with van der Waals surface area (Å²) in [5, 5.41) is 2.50. The summed E-state index contributed by atoms with van der Waals surface area (Å²) in [6.45, 7) is 2.42. The summed E-state index contributed by atoms with van der Waals surface area (Å²) < 4.78 is 0. The minimum Gasteiger partial charge on any atom is -0.342 e. The van der Waals surface area contributed by atoms with Gasteiger partial charge >= 0.3 is 0 Å². The molecule has 6 heteroatoms. The normalized spacial score (nSPS) is 19.9. The van der Waals surface area contributed by atoms with Crippen molar-refractivity contribution >= 4 is 17.7 Å². The Labute approximate surface area is 183 Å². The maximum atomic E-state index is 12.9. The molecule has 0 radical (unpaired) electrons. The third-order valence-electron chi connectivity index (χ3n) is 6.40. The Balaban J connectivity index is 1.29. The van der Waals surface area contributed by atoms with Crippen molar-refractivity contribution in [2.75, 3.05) is 26.2 Å². The molecule has 2 fully saturated rings. The maximum absolute atomic E-state index is 12.9. The molecular weight excluding hydrogens is 390 g/mol. The number of nitrogens with zero attached hydrogens (tertiary/aromatic N) is 2. The van der Waals surface area contributed by atoms with Crippen LogP contribution in [0.5, 0.6) is 0 Å². The van der Waals surface area contributed by atoms with Crippen LogP contribution in [-0.4, -0.2) is 59.7 Å². The van der Waals surface area contributed by atoms with Crippen LogP contribution in [0.25, 0.3) is 0 Å². The van der Waals surface area contributed by atoms with Gasteiger partial charge in [-0.25, -0.2) is 0 Å². The third kappa shape index (κ3) is 5.20. The molecule has 2 aliphatic rings. The predicted molar refractivity (Wildman–Crippen MR) is 119 cm³/mol. The molecule has 6 nitrogen and oxygen atoms in total. The number of piperidine rings is 1. The zero-order valence-electron chi connectivity index (χ0n) is 17.7. The Morgan fingerprint density at radius 1 is 0.839 bits per heavy atom. The molecule has 0 aliphatic carbocycles. The van der Waals surface area contributed by atoms with Crippen LogP contribution in [0.1, 0.15) is 47.5 Å². The van der Waals surface area contributed by atoms with Gasteiger partial charge in [0.2, 0.25) is 11.8 Å². The number of hydrogen-bond donors (Lipinski definition) is 1. The summed E-state index contributed by atoms with van der Waals surface area (Å²) >= 11 is 0. The average Bonchev–Trinajstić information content (AvgIpc) is 3.28. The van der Waals surface area contributed by atoms with E-state index >= 15 is 0 Å². The van der Waals surface area contributed by atoms with Gasteiger partial charge in [0.1, 0.15) is 0 Å². The largest absolute Gasteiger partial charge is 0.342 e. The molecule has 1 atom stereocenters. The number of benzene rings is 2. The molecule has 2 saturated heterocycles. The molecule has 0 aromatic heterocycles. The van der Waals surface area contributed by atoms with Gasteiger partial charge in [-0.1, -0.05) is 48.5 Å². The van der Waals surface area contributed by atoms with Crippen LogP contribution < -0.4 is 5.32 Å². The Morgan fingerprint density at radius 3 is 2.16 bits per heavy atom. The lowest BCUT2D eigenvalue weighted by atomic mass is 9.89. The summed E-state index contributed by atoms with van der Waals surface area (Å²) in [5.74, 6) is -0.145. The van der Waals surface area contributed by atoms with Crippen LogP contribution in [0.4, 0.5) is 0 Å². The van der Waals surface area contributed by atoms with Crippen molar-refractivity contribution in [3.63, 3.8) is 0 Å². The molecule has 4 rings (SSSR count). The number of nitrogens with one attached hydrogen (secondary N) is 1. The second-order valence-corrected chi connectivity index (χ2v) is 8.38. The lowest BCUT2D eigenvalue weighted by Gasteiger charge is -2.34. The van der Waals surface area contributed by atoms with E-state index in [1.165, 1.54) is 5.56 Å². The Kier molecular flexibility index (Phi) is 6.77. The topological polar surface area (TPSA) is 69.7 Å². The molecule has 0 saturated carbocycles. The van der Waals surface area contributed by atoms with Crippen LogP contribution in [-0.2, 0) is 9.59 Å². The van der Waals surface area contributed by atoms with Gasteiger partial charge in [-0.05, 0) is 55.8 Å². The zero-order chi connectivity index (χ0) is 21.6. The van der Waals surface area contributed by atoms with Crippen LogP contribution in [0.3, 0.4) is 0 Å². The van der Waals surface area contributed by atoms with E-state index in [1.54, 1.807) is 24.3 Å². The highest BCUT2D eigenvalue weighted by Crippen LogP contribution is 2.28. The van der Waals surface area contributed by atoms with Crippen LogP contribution in [0, 0.1) is 0 Å². The van der Waals surface area contributed by atoms with E-state index in [0.29, 0.717) is 24.4 Å². The summed E-state index contributed by atoms with van der Waals surface area (Å²) in [6, 6.07) is 18.7. The SMILES string of the molecule is O=C(NC(=O)[C@@H]1CCCN1CC(=O)N1CCC(c2ccccc2)CC1)c1ccccc1. The van der Waals surface area contributed by atoms with E-state index in [0.717, 1.165) is 32.4 Å². The van der Waals surface area contributed by atoms with E-state index in [9.17, 15) is 14.4 Å². The highest BCUT2D eigenvalue weighted by molar-refractivity contribution is 6.06. The van der Waals surface area contributed by atoms with Crippen molar-refractivity contribution in [2.45, 2.75) is 37.6 Å². The van der Waals surface area contributed by atoms with Gasteiger partial charge in [0.05, 0.1) is 12.6 Å². The van der Waals surface area contributed by atoms with Crippen LogP contribution in [0.15, 0.2) is 60.7 Å². The van der Waals surface area contributed by atoms with Crippen LogP contribution >= 0.6 is 0 Å². The van der Waals surface area contributed by atoms with E-state index in [-0.39, 0.29) is 18.4 Å². The minimum atomic E-state index is -0.432. The number of likely N-dealkylation sites (tertiary alicyclic amines) is 2. The molecule has 1 N–H and O–H groups in total. The fourth-order valence-electron chi connectivity index (χ4n) is 4.63. The monoisotopic (exact) mass is 419 g/mol. The van der Waals surface area contributed by atoms with E-state index in [2.05, 4.69) is 29.6 Å². The van der Waals surface area contributed by atoms with Gasteiger partial charge in [0.25, 0.3) is 5.91 Å². The smallest absolute Gasteiger partial charge is 0.257 e. The fourth-order valence-corrected chi connectivity index (χ4v) is 4.63. The highest BCUT2D eigenvalue weighted by Gasteiger charge is 2.34. The molecule has 2 aliphatic heterocycles. The number of carbonyl (C=O) groups is 3. The van der Waals surface area contributed by atoms with Crippen molar-refractivity contribution in [1.29, 1.82) is 0 Å². The minimum absolute atomic E-state index is 0.0700. The lowest BCUT2D eigenvalue weighted by molar-refractivity contribution is -0.134. The standard InChI is InChI=1S/C25H29N3O3/c29-23(27-16-13-20(14-17-27)19-8-3-1-4-9-19)18-28-15-7-12-22(28)25(31)26-24(30)21-10-5-2-6-11-21/h1-6,8-11,20,22H,7,12-18H2,(H,26,30,31)/t22-/m0/s1. The zero-order valence-corrected chi connectivity index (χ0v) is 17.7. The Bertz CT molecular complexity index is 908. The first-order valence-corrected chi connectivity index (χ1v) is 11.1. The summed E-state index contributed by atoms with van der Waals surface area (Å²) in [7, 11) is 0. The quantitative estimate of drug-likeness (QED) is 0.757. The molecular formula is C25H29N3O3. The van der Waals surface area contributed by atoms with Gasteiger partial charge in [-0.15, -0.1) is 0 Å². The number of imide groups is 1. The first-order valence-electron chi connectivity index (χ1n) is 11.1. The van der Waals surface area contributed by atoms with Gasteiger partial charge in [0, 0.05) is 18.7 Å². The lowest BCUT2D eigenvalue weighted by Crippen LogP contribution is -2.50. The molecule has 162 valence electrons. The van der Waals surface area contributed by atoms with Gasteiger partial charge in [0.15, 0.2) is 0 Å². The number of hydrogen-bond acceptors (Lipinski definition) is 4. The van der Waals surface area contributed by atoms with Crippen molar-refractivity contribution < 1.29 is 14.4 Å². The summed E-state index contributed by atoms with van der Waals surface area (Å²) in [5.41, 5.74) is 1.80. The Morgan fingerprint density at radius 2 is 1.48 bits per heavy atom. The van der Waals surface area contributed by atoms with E-state index < -0.39 is 11.9 Å². The molecule has 3 amide bonds. The molecule has 2 heterocycles. The van der Waals surface area contributed by atoms with Crippen molar-refractivity contribution in [3.05, 3.63) is 71.8 Å². The van der Waals surface area contributed by atoms with Crippen molar-refractivity contribution in [3.8, 4) is 0 Å². The van der Waals surface area contributed by atoms with Gasteiger partial charge in [-0.2, -0.15) is 0 Å². The van der Waals surface area contributed by atoms with E-state index in [1.807, 2.05) is 21.9 Å². The van der Waals surface area contributed by atoms with Crippen molar-refractivity contribution in [1.82, 2.24) is 15.1 Å². The molecule has 0 spiro atoms. The van der Waals surface area contributed by atoms with Crippen molar-refractivity contribution in [2.24, 2.45) is 0 Å². The molecule has 0 bridgehead atoms. The fraction of sp³-hybridized carbons (Fsp3) is 0.400. The summed E-state index contributed by atoms with van der Waals surface area (Å²) in [4.78, 5) is 41.7. The predicted octanol–water partition coefficient (Wildman–Crippen LogP) is 2.81. The second kappa shape index (κ2) is 9.88. The van der Waals surface area contributed by atoms with Gasteiger partial charge < -0.3 is 4.90 Å². The summed E-state index contributed by atoms with van der Waals surface area (Å²) in [6.07, 6.45) is 3.44. The van der Waals surface area contributed by atoms with Gasteiger partial charge in [-0.3, -0.25) is 24.6 Å². The molecule has 31 heavy (non-hydrogen) atoms. The first-order chi connectivity index (χ1) is 15.1. The first kappa shape index (κ1) is 21.2. The Hall–Kier alpha value is -2.99. The second-order valence-electron chi connectivity index (χ2n) is 8.38. The maximum Gasteiger partial charge on any atom is 0.257 e. The van der Waals surface area contributed by atoms with E-state index in [4.69, 9.17) is 0 Å². The average molecular weight is 420 g/mol. The molecule has 2 aromatic carbocycles. The third-order valence-corrected chi connectivity index (χ3v) is 6.40. The molecule has 0 unspecified atom stereocenters.